The Hall–Kier alpha value is 0.100. The van der Waals surface area contributed by atoms with Crippen molar-refractivity contribution >= 4 is 27.3 Å². The monoisotopic (exact) mass is 289 g/mol. The minimum absolute atomic E-state index is 0.423. The van der Waals surface area contributed by atoms with Crippen LogP contribution >= 0.6 is 27.3 Å². The minimum atomic E-state index is 0.423. The lowest BCUT2D eigenvalue weighted by molar-refractivity contribution is 0.105. The molecule has 1 fully saturated rings. The highest BCUT2D eigenvalue weighted by Crippen LogP contribution is 2.21. The second-order valence-corrected chi connectivity index (χ2v) is 6.31. The Bertz CT molecular complexity index is 315. The Morgan fingerprint density at radius 1 is 1.67 bits per heavy atom. The van der Waals surface area contributed by atoms with Gasteiger partial charge in [0.1, 0.15) is 0 Å². The highest BCUT2D eigenvalue weighted by atomic mass is 79.9. The second-order valence-electron chi connectivity index (χ2n) is 4.01. The van der Waals surface area contributed by atoms with Crippen LogP contribution in [0.2, 0.25) is 0 Å². The Morgan fingerprint density at radius 2 is 2.53 bits per heavy atom. The highest BCUT2D eigenvalue weighted by Gasteiger charge is 2.23. The van der Waals surface area contributed by atoms with Crippen LogP contribution in [-0.4, -0.2) is 19.3 Å². The summed E-state index contributed by atoms with van der Waals surface area (Å²) in [5.41, 5.74) is 1.36. The van der Waals surface area contributed by atoms with Gasteiger partial charge < -0.3 is 10.1 Å². The zero-order valence-corrected chi connectivity index (χ0v) is 11.2. The van der Waals surface area contributed by atoms with E-state index in [0.29, 0.717) is 12.0 Å². The molecule has 0 radical (unpaired) electrons. The van der Waals surface area contributed by atoms with Gasteiger partial charge in [-0.2, -0.15) is 0 Å². The van der Waals surface area contributed by atoms with Crippen molar-refractivity contribution in [2.24, 2.45) is 5.92 Å². The molecule has 2 heterocycles. The predicted molar refractivity (Wildman–Crippen MR) is 67.2 cm³/mol. The lowest BCUT2D eigenvalue weighted by atomic mass is 10.0. The molecule has 1 aromatic rings. The average Bonchev–Trinajstić information content (AvgIpc) is 2.77. The van der Waals surface area contributed by atoms with Gasteiger partial charge in [0, 0.05) is 19.7 Å². The van der Waals surface area contributed by atoms with Crippen LogP contribution in [0, 0.1) is 5.92 Å². The van der Waals surface area contributed by atoms with E-state index in [1.165, 1.54) is 15.8 Å². The third-order valence-corrected chi connectivity index (χ3v) is 4.44. The zero-order chi connectivity index (χ0) is 10.7. The molecule has 1 saturated heterocycles. The molecule has 0 bridgehead atoms. The molecule has 0 aromatic carbocycles. The van der Waals surface area contributed by atoms with Crippen LogP contribution < -0.4 is 5.32 Å². The van der Waals surface area contributed by atoms with E-state index in [4.69, 9.17) is 4.74 Å². The van der Waals surface area contributed by atoms with E-state index in [2.05, 4.69) is 39.6 Å². The summed E-state index contributed by atoms with van der Waals surface area (Å²) in [6.07, 6.45) is 1.62. The lowest BCUT2D eigenvalue weighted by Crippen LogP contribution is -2.26. The molecule has 2 rings (SSSR count). The summed E-state index contributed by atoms with van der Waals surface area (Å²) in [5, 5.41) is 5.68. The summed E-state index contributed by atoms with van der Waals surface area (Å²) in [4.78, 5) is 0. The molecule has 0 amide bonds. The second kappa shape index (κ2) is 5.43. The molecule has 1 aliphatic heterocycles. The third-order valence-electron chi connectivity index (χ3n) is 2.89. The largest absolute Gasteiger partial charge is 0.378 e. The van der Waals surface area contributed by atoms with Crippen LogP contribution in [0.5, 0.6) is 0 Å². The first-order valence-electron chi connectivity index (χ1n) is 5.31. The third kappa shape index (κ3) is 3.28. The van der Waals surface area contributed by atoms with E-state index in [0.717, 1.165) is 19.7 Å². The fourth-order valence-corrected chi connectivity index (χ4v) is 3.09. The number of ether oxygens (including phenoxy) is 1. The number of hydrogen-bond donors (Lipinski definition) is 1. The van der Waals surface area contributed by atoms with Crippen molar-refractivity contribution < 1.29 is 4.74 Å². The molecule has 1 aliphatic rings. The lowest BCUT2D eigenvalue weighted by Gasteiger charge is -2.14. The van der Waals surface area contributed by atoms with Crippen molar-refractivity contribution in [3.05, 3.63) is 20.8 Å². The van der Waals surface area contributed by atoms with Crippen molar-refractivity contribution in [1.29, 1.82) is 0 Å². The SMILES string of the molecule is CC1OCCC1CNCc1csc(Br)c1. The summed E-state index contributed by atoms with van der Waals surface area (Å²) >= 11 is 5.21. The smallest absolute Gasteiger partial charge is 0.0701 e. The average molecular weight is 290 g/mol. The molecular formula is C11H16BrNOS. The standard InChI is InChI=1S/C11H16BrNOS/c1-8-10(2-3-14-8)6-13-5-9-4-11(12)15-7-9/h4,7-8,10,13H,2-3,5-6H2,1H3. The number of halogens is 1. The maximum atomic E-state index is 5.53. The fourth-order valence-electron chi connectivity index (χ4n) is 1.88. The molecule has 4 heteroatoms. The van der Waals surface area contributed by atoms with Gasteiger partial charge in [0.15, 0.2) is 0 Å². The minimum Gasteiger partial charge on any atom is -0.378 e. The number of hydrogen-bond acceptors (Lipinski definition) is 3. The highest BCUT2D eigenvalue weighted by molar-refractivity contribution is 9.11. The van der Waals surface area contributed by atoms with E-state index in [1.807, 2.05) is 0 Å². The van der Waals surface area contributed by atoms with Crippen LogP contribution in [-0.2, 0) is 11.3 Å². The van der Waals surface area contributed by atoms with Crippen LogP contribution in [0.3, 0.4) is 0 Å². The number of thiophene rings is 1. The molecule has 84 valence electrons. The topological polar surface area (TPSA) is 21.3 Å². The van der Waals surface area contributed by atoms with Gasteiger partial charge in [-0.15, -0.1) is 11.3 Å². The Morgan fingerprint density at radius 3 is 3.13 bits per heavy atom. The summed E-state index contributed by atoms with van der Waals surface area (Å²) in [6, 6.07) is 2.17. The van der Waals surface area contributed by atoms with Gasteiger partial charge in [-0.05, 0) is 52.2 Å². The van der Waals surface area contributed by atoms with Crippen LogP contribution in [0.4, 0.5) is 0 Å². The summed E-state index contributed by atoms with van der Waals surface area (Å²) in [7, 11) is 0. The van der Waals surface area contributed by atoms with Crippen molar-refractivity contribution in [1.82, 2.24) is 5.32 Å². The fraction of sp³-hybridized carbons (Fsp3) is 0.636. The molecule has 0 spiro atoms. The van der Waals surface area contributed by atoms with Crippen molar-refractivity contribution in [3.63, 3.8) is 0 Å². The van der Waals surface area contributed by atoms with Gasteiger partial charge in [-0.1, -0.05) is 0 Å². The summed E-state index contributed by atoms with van der Waals surface area (Å²) in [5.74, 6) is 0.687. The van der Waals surface area contributed by atoms with Gasteiger partial charge in [-0.3, -0.25) is 0 Å². The first kappa shape index (κ1) is 11.6. The van der Waals surface area contributed by atoms with Crippen molar-refractivity contribution in [3.8, 4) is 0 Å². The quantitative estimate of drug-likeness (QED) is 0.920. The van der Waals surface area contributed by atoms with E-state index in [1.54, 1.807) is 11.3 Å². The zero-order valence-electron chi connectivity index (χ0n) is 8.83. The molecule has 1 aromatic heterocycles. The maximum Gasteiger partial charge on any atom is 0.0701 e. The van der Waals surface area contributed by atoms with E-state index in [9.17, 15) is 0 Å². The van der Waals surface area contributed by atoms with E-state index in [-0.39, 0.29) is 0 Å². The predicted octanol–water partition coefficient (Wildman–Crippen LogP) is 3.03. The van der Waals surface area contributed by atoms with Crippen molar-refractivity contribution in [2.75, 3.05) is 13.2 Å². The first-order valence-corrected chi connectivity index (χ1v) is 6.98. The van der Waals surface area contributed by atoms with Crippen LogP contribution in [0.1, 0.15) is 18.9 Å². The van der Waals surface area contributed by atoms with Gasteiger partial charge in [-0.25, -0.2) is 0 Å². The molecule has 15 heavy (non-hydrogen) atoms. The number of rotatable bonds is 4. The van der Waals surface area contributed by atoms with Gasteiger partial charge in [0.2, 0.25) is 0 Å². The van der Waals surface area contributed by atoms with E-state index < -0.39 is 0 Å². The van der Waals surface area contributed by atoms with Gasteiger partial charge in [0.25, 0.3) is 0 Å². The normalized spacial score (nSPS) is 26.0. The van der Waals surface area contributed by atoms with Crippen LogP contribution in [0.15, 0.2) is 15.2 Å². The summed E-state index contributed by atoms with van der Waals surface area (Å²) in [6.45, 7) is 5.12. The maximum absolute atomic E-state index is 5.53. The Labute approximate surface area is 103 Å². The van der Waals surface area contributed by atoms with Crippen LogP contribution in [0.25, 0.3) is 0 Å². The van der Waals surface area contributed by atoms with Gasteiger partial charge in [0.05, 0.1) is 9.89 Å². The molecule has 2 atom stereocenters. The van der Waals surface area contributed by atoms with Gasteiger partial charge >= 0.3 is 0 Å². The number of nitrogens with one attached hydrogen (secondary N) is 1. The Kier molecular flexibility index (Phi) is 4.20. The molecule has 2 unspecified atom stereocenters. The Balaban J connectivity index is 1.70. The van der Waals surface area contributed by atoms with Crippen molar-refractivity contribution in [2.45, 2.75) is 26.0 Å². The molecule has 1 N–H and O–H groups in total. The van der Waals surface area contributed by atoms with E-state index >= 15 is 0 Å². The summed E-state index contributed by atoms with van der Waals surface area (Å²) < 4.78 is 6.73. The molecular weight excluding hydrogens is 274 g/mol. The molecule has 2 nitrogen and oxygen atoms in total. The first-order chi connectivity index (χ1) is 7.25. The molecule has 0 saturated carbocycles. The molecule has 0 aliphatic carbocycles.